The molecule has 1 aromatic rings. The van der Waals surface area contributed by atoms with Crippen LogP contribution >= 0.6 is 24.0 Å². The highest BCUT2D eigenvalue weighted by atomic mass is 32.2. The Bertz CT molecular complexity index is 436. The number of rotatable bonds is 3. The molecule has 0 aliphatic carbocycles. The molecule has 1 saturated heterocycles. The Morgan fingerprint density at radius 1 is 1.44 bits per heavy atom. The summed E-state index contributed by atoms with van der Waals surface area (Å²) in [5, 5.41) is 0.664. The van der Waals surface area contributed by atoms with E-state index in [1.165, 1.54) is 23.3 Å². The van der Waals surface area contributed by atoms with Crippen LogP contribution in [0.3, 0.4) is 0 Å². The average molecular weight is 278 g/mol. The summed E-state index contributed by atoms with van der Waals surface area (Å²) in [5.74, 6) is 0. The predicted octanol–water partition coefficient (Wildman–Crippen LogP) is 2.45. The molecule has 4 heteroatoms. The van der Waals surface area contributed by atoms with E-state index in [1.807, 2.05) is 11.8 Å². The van der Waals surface area contributed by atoms with E-state index in [2.05, 4.69) is 29.2 Å². The van der Waals surface area contributed by atoms with E-state index < -0.39 is 0 Å². The normalized spacial score (nSPS) is 27.3. The van der Waals surface area contributed by atoms with Crippen LogP contribution < -0.4 is 5.73 Å². The van der Waals surface area contributed by atoms with Crippen molar-refractivity contribution in [3.8, 4) is 0 Å². The molecule has 96 valence electrons. The van der Waals surface area contributed by atoms with Crippen molar-refractivity contribution in [1.29, 1.82) is 0 Å². The van der Waals surface area contributed by atoms with Crippen LogP contribution in [0, 0.1) is 0 Å². The van der Waals surface area contributed by atoms with Gasteiger partial charge in [-0.25, -0.2) is 0 Å². The van der Waals surface area contributed by atoms with Crippen LogP contribution in [0.2, 0.25) is 0 Å². The van der Waals surface area contributed by atoms with Gasteiger partial charge in [-0.3, -0.25) is 4.90 Å². The molecule has 0 spiro atoms. The number of thiocarbonyl (C=S) groups is 1. The molecule has 2 atom stereocenters. The van der Waals surface area contributed by atoms with Gasteiger partial charge in [-0.05, 0) is 37.4 Å². The van der Waals surface area contributed by atoms with Crippen molar-refractivity contribution >= 4 is 29.0 Å². The Morgan fingerprint density at radius 2 is 2.28 bits per heavy atom. The Balaban J connectivity index is 1.64. The quantitative estimate of drug-likeness (QED) is 0.860. The van der Waals surface area contributed by atoms with Crippen LogP contribution in [0.1, 0.15) is 18.4 Å². The summed E-state index contributed by atoms with van der Waals surface area (Å²) < 4.78 is 0. The molecule has 2 N–H and O–H groups in total. The highest BCUT2D eigenvalue weighted by Gasteiger charge is 2.31. The first-order valence-corrected chi connectivity index (χ1v) is 7.81. The van der Waals surface area contributed by atoms with Gasteiger partial charge in [0.15, 0.2) is 0 Å². The Morgan fingerprint density at radius 3 is 3.06 bits per heavy atom. The molecular weight excluding hydrogens is 260 g/mol. The van der Waals surface area contributed by atoms with Gasteiger partial charge in [-0.15, -0.1) is 11.8 Å². The topological polar surface area (TPSA) is 29.3 Å². The smallest absolute Gasteiger partial charge is 0.0902 e. The van der Waals surface area contributed by atoms with Gasteiger partial charge in [-0.2, -0.15) is 0 Å². The second-order valence-corrected chi connectivity index (χ2v) is 6.92. The number of nitrogens with two attached hydrogens (primary N) is 1. The molecule has 0 aromatic heterocycles. The van der Waals surface area contributed by atoms with E-state index in [0.717, 1.165) is 19.5 Å². The van der Waals surface area contributed by atoms with Crippen molar-refractivity contribution in [3.05, 3.63) is 29.8 Å². The van der Waals surface area contributed by atoms with Crippen molar-refractivity contribution in [3.63, 3.8) is 0 Å². The Hall–Kier alpha value is -0.580. The largest absolute Gasteiger partial charge is 0.392 e. The van der Waals surface area contributed by atoms with Gasteiger partial charge in [0, 0.05) is 16.7 Å². The van der Waals surface area contributed by atoms with Crippen molar-refractivity contribution in [2.45, 2.75) is 35.4 Å². The molecular formula is C14H18N2S2. The summed E-state index contributed by atoms with van der Waals surface area (Å²) in [4.78, 5) is 4.60. The lowest BCUT2D eigenvalue weighted by Gasteiger charge is -2.25. The van der Waals surface area contributed by atoms with Crippen LogP contribution in [0.4, 0.5) is 0 Å². The minimum absolute atomic E-state index is 0.337. The summed E-state index contributed by atoms with van der Waals surface area (Å²) in [5.41, 5.74) is 7.33. The first-order chi connectivity index (χ1) is 8.74. The highest BCUT2D eigenvalue weighted by molar-refractivity contribution is 8.00. The average Bonchev–Trinajstić information content (AvgIpc) is 2.94. The van der Waals surface area contributed by atoms with E-state index in [1.54, 1.807) is 0 Å². The predicted molar refractivity (Wildman–Crippen MR) is 81.2 cm³/mol. The minimum Gasteiger partial charge on any atom is -0.392 e. The zero-order valence-electron chi connectivity index (χ0n) is 10.3. The van der Waals surface area contributed by atoms with Crippen LogP contribution in [0.15, 0.2) is 29.2 Å². The molecule has 0 bridgehead atoms. The summed E-state index contributed by atoms with van der Waals surface area (Å²) in [6, 6.07) is 9.08. The van der Waals surface area contributed by atoms with Crippen molar-refractivity contribution in [2.75, 3.05) is 13.1 Å². The van der Waals surface area contributed by atoms with Crippen molar-refractivity contribution < 1.29 is 0 Å². The fourth-order valence-electron chi connectivity index (χ4n) is 2.98. The molecule has 2 aliphatic heterocycles. The lowest BCUT2D eigenvalue weighted by Crippen LogP contribution is -2.42. The molecule has 18 heavy (non-hydrogen) atoms. The number of hydrogen-bond acceptors (Lipinski definition) is 3. The maximum absolute atomic E-state index is 5.83. The molecule has 2 heterocycles. The Labute approximate surface area is 118 Å². The first-order valence-electron chi connectivity index (χ1n) is 6.52. The molecule has 0 amide bonds. The number of fused-ring (bicyclic) bond motifs is 1. The van der Waals surface area contributed by atoms with Gasteiger partial charge in [0.2, 0.25) is 0 Å². The first kappa shape index (κ1) is 12.5. The SMILES string of the molecule is NC(=S)C1CCCN1CC1Cc2ccccc2S1. The van der Waals surface area contributed by atoms with Crippen LogP contribution in [-0.4, -0.2) is 34.3 Å². The zero-order valence-corrected chi connectivity index (χ0v) is 12.0. The number of thioether (sulfide) groups is 1. The van der Waals surface area contributed by atoms with Gasteiger partial charge < -0.3 is 5.73 Å². The molecule has 0 radical (unpaired) electrons. The third-order valence-electron chi connectivity index (χ3n) is 3.84. The van der Waals surface area contributed by atoms with Gasteiger partial charge in [0.05, 0.1) is 11.0 Å². The molecule has 2 nitrogen and oxygen atoms in total. The summed E-state index contributed by atoms with van der Waals surface area (Å²) >= 11 is 7.18. The number of benzene rings is 1. The van der Waals surface area contributed by atoms with E-state index in [4.69, 9.17) is 18.0 Å². The Kier molecular flexibility index (Phi) is 3.59. The van der Waals surface area contributed by atoms with Crippen LogP contribution in [0.25, 0.3) is 0 Å². The summed E-state index contributed by atoms with van der Waals surface area (Å²) in [7, 11) is 0. The maximum Gasteiger partial charge on any atom is 0.0902 e. The number of nitrogens with zero attached hydrogens (tertiary/aromatic N) is 1. The van der Waals surface area contributed by atoms with Gasteiger partial charge >= 0.3 is 0 Å². The van der Waals surface area contributed by atoms with Crippen LogP contribution in [-0.2, 0) is 6.42 Å². The summed E-state index contributed by atoms with van der Waals surface area (Å²) in [6.07, 6.45) is 3.55. The van der Waals surface area contributed by atoms with Crippen molar-refractivity contribution in [2.24, 2.45) is 5.73 Å². The molecule has 1 fully saturated rings. The molecule has 3 rings (SSSR count). The van der Waals surface area contributed by atoms with Gasteiger partial charge in [0.25, 0.3) is 0 Å². The number of hydrogen-bond donors (Lipinski definition) is 1. The third kappa shape index (κ3) is 2.42. The van der Waals surface area contributed by atoms with Gasteiger partial charge in [-0.1, -0.05) is 30.4 Å². The highest BCUT2D eigenvalue weighted by Crippen LogP contribution is 2.37. The molecule has 2 aliphatic rings. The van der Waals surface area contributed by atoms with E-state index in [9.17, 15) is 0 Å². The fourth-order valence-corrected chi connectivity index (χ4v) is 4.60. The molecule has 2 unspecified atom stereocenters. The standard InChI is InChI=1S/C14H18N2S2/c15-14(17)12-5-3-7-16(12)9-11-8-10-4-1-2-6-13(10)18-11/h1-2,4,6,11-12H,3,5,7-9H2,(H2,15,17). The maximum atomic E-state index is 5.83. The van der Waals surface area contributed by atoms with Crippen LogP contribution in [0.5, 0.6) is 0 Å². The van der Waals surface area contributed by atoms with E-state index in [-0.39, 0.29) is 0 Å². The van der Waals surface area contributed by atoms with Gasteiger partial charge in [0.1, 0.15) is 0 Å². The zero-order chi connectivity index (χ0) is 12.5. The second kappa shape index (κ2) is 5.19. The third-order valence-corrected chi connectivity index (χ3v) is 5.42. The van der Waals surface area contributed by atoms with E-state index >= 15 is 0 Å². The van der Waals surface area contributed by atoms with Crippen molar-refractivity contribution in [1.82, 2.24) is 4.90 Å². The second-order valence-electron chi connectivity index (χ2n) is 5.11. The molecule has 1 aromatic carbocycles. The molecule has 0 saturated carbocycles. The fraction of sp³-hybridized carbons (Fsp3) is 0.500. The van der Waals surface area contributed by atoms with E-state index in [0.29, 0.717) is 16.3 Å². The number of likely N-dealkylation sites (tertiary alicyclic amines) is 1. The minimum atomic E-state index is 0.337. The monoisotopic (exact) mass is 278 g/mol. The lowest BCUT2D eigenvalue weighted by molar-refractivity contribution is 0.304. The lowest BCUT2D eigenvalue weighted by atomic mass is 10.1. The summed E-state index contributed by atoms with van der Waals surface area (Å²) in [6.45, 7) is 2.26.